The third-order valence-corrected chi connectivity index (χ3v) is 5.43. The minimum atomic E-state index is -0.877. The molecule has 0 spiro atoms. The van der Waals surface area contributed by atoms with Gasteiger partial charge < -0.3 is 9.88 Å². The number of nitro groups is 1. The second-order valence-electron chi connectivity index (χ2n) is 6.12. The number of benzene rings is 1. The quantitative estimate of drug-likeness (QED) is 0.631. The van der Waals surface area contributed by atoms with E-state index in [9.17, 15) is 20.2 Å². The van der Waals surface area contributed by atoms with Crippen molar-refractivity contribution in [3.63, 3.8) is 0 Å². The summed E-state index contributed by atoms with van der Waals surface area (Å²) in [7, 11) is 1.74. The molecule has 0 radical (unpaired) electrons. The molecule has 3 rings (SSSR count). The Hall–Kier alpha value is -2.93. The highest BCUT2D eigenvalue weighted by molar-refractivity contribution is 7.99. The van der Waals surface area contributed by atoms with E-state index in [4.69, 9.17) is 0 Å². The van der Waals surface area contributed by atoms with Gasteiger partial charge in [-0.2, -0.15) is 5.26 Å². The Kier molecular flexibility index (Phi) is 4.90. The largest absolute Gasteiger partial charge is 0.334 e. The molecule has 1 N–H and O–H groups in total. The lowest BCUT2D eigenvalue weighted by Gasteiger charge is -2.21. The lowest BCUT2D eigenvalue weighted by atomic mass is 9.99. The van der Waals surface area contributed by atoms with Gasteiger partial charge in [-0.3, -0.25) is 14.9 Å². The molecule has 0 atom stereocenters. The van der Waals surface area contributed by atoms with E-state index in [1.165, 1.54) is 24.5 Å². The Bertz CT molecular complexity index is 898. The number of nitrogens with one attached hydrogen (secondary N) is 1. The van der Waals surface area contributed by atoms with Gasteiger partial charge in [0.05, 0.1) is 15.9 Å². The van der Waals surface area contributed by atoms with Crippen molar-refractivity contribution < 1.29 is 9.72 Å². The van der Waals surface area contributed by atoms with Gasteiger partial charge in [-0.1, -0.05) is 0 Å². The molecule has 1 amide bonds. The number of amides is 1. The molecular formula is C16H16N6O3S. The summed E-state index contributed by atoms with van der Waals surface area (Å²) in [6.45, 7) is 0. The number of aryl methyl sites for hydroxylation is 1. The van der Waals surface area contributed by atoms with Crippen LogP contribution >= 0.6 is 11.8 Å². The molecule has 1 aromatic heterocycles. The summed E-state index contributed by atoms with van der Waals surface area (Å²) in [5.74, 6) is -0.480. The van der Waals surface area contributed by atoms with Gasteiger partial charge in [0.25, 0.3) is 11.6 Å². The number of nitriles is 1. The molecule has 1 fully saturated rings. The van der Waals surface area contributed by atoms with Crippen LogP contribution in [-0.4, -0.2) is 31.1 Å². The molecule has 1 aliphatic carbocycles. The minimum Gasteiger partial charge on any atom is -0.334 e. The summed E-state index contributed by atoms with van der Waals surface area (Å²) in [5, 5.41) is 31.7. The summed E-state index contributed by atoms with van der Waals surface area (Å²) in [6.07, 6.45) is 4.44. The molecule has 2 aromatic rings. The number of carbonyl (C=O) groups excluding carboxylic acids is 1. The monoisotopic (exact) mass is 372 g/mol. The molecule has 0 saturated heterocycles. The van der Waals surface area contributed by atoms with Gasteiger partial charge in [-0.25, -0.2) is 0 Å². The van der Waals surface area contributed by atoms with E-state index < -0.39 is 16.4 Å². The normalized spacial score (nSPS) is 15.4. The molecule has 0 unspecified atom stereocenters. The molecule has 1 heterocycles. The highest BCUT2D eigenvalue weighted by Crippen LogP contribution is 2.34. The second-order valence-corrected chi connectivity index (χ2v) is 7.13. The number of rotatable bonds is 5. The lowest BCUT2D eigenvalue weighted by Crippen LogP contribution is -2.45. The van der Waals surface area contributed by atoms with Crippen LogP contribution in [0.4, 0.5) is 5.69 Å². The molecule has 1 aliphatic rings. The fraction of sp³-hybridized carbons (Fsp3) is 0.375. The summed E-state index contributed by atoms with van der Waals surface area (Å²) < 4.78 is 1.64. The number of carbonyl (C=O) groups is 1. The minimum absolute atomic E-state index is 0.153. The van der Waals surface area contributed by atoms with Crippen LogP contribution in [-0.2, 0) is 7.05 Å². The van der Waals surface area contributed by atoms with Gasteiger partial charge >= 0.3 is 0 Å². The number of nitro benzene ring substituents is 1. The Morgan fingerprint density at radius 2 is 2.19 bits per heavy atom. The summed E-state index contributed by atoms with van der Waals surface area (Å²) in [5.41, 5.74) is -0.915. The maximum Gasteiger partial charge on any atom is 0.284 e. The van der Waals surface area contributed by atoms with Crippen LogP contribution in [0.3, 0.4) is 0 Å². The van der Waals surface area contributed by atoms with Crippen molar-refractivity contribution in [2.24, 2.45) is 7.05 Å². The van der Waals surface area contributed by atoms with E-state index >= 15 is 0 Å². The van der Waals surface area contributed by atoms with Crippen molar-refractivity contribution in [1.29, 1.82) is 5.26 Å². The SMILES string of the molecule is Cn1cnnc1Sc1ccc(C(=O)NC2(C#N)CCCC2)cc1[N+](=O)[O-]. The fourth-order valence-electron chi connectivity index (χ4n) is 2.88. The zero-order valence-electron chi connectivity index (χ0n) is 14.0. The third kappa shape index (κ3) is 3.52. The van der Waals surface area contributed by atoms with E-state index in [1.807, 2.05) is 0 Å². The first-order valence-corrected chi connectivity index (χ1v) is 8.80. The van der Waals surface area contributed by atoms with Crippen LogP contribution in [0, 0.1) is 21.4 Å². The van der Waals surface area contributed by atoms with Crippen molar-refractivity contribution in [3.8, 4) is 6.07 Å². The average Bonchev–Trinajstić information content (AvgIpc) is 3.25. The number of aromatic nitrogens is 3. The summed E-state index contributed by atoms with van der Waals surface area (Å²) in [4.78, 5) is 23.8. The van der Waals surface area contributed by atoms with Gasteiger partial charge in [0.1, 0.15) is 11.9 Å². The molecule has 9 nitrogen and oxygen atoms in total. The topological polar surface area (TPSA) is 127 Å². The summed E-state index contributed by atoms with van der Waals surface area (Å²) in [6, 6.07) is 6.43. The number of nitrogens with zero attached hydrogens (tertiary/aromatic N) is 5. The maximum absolute atomic E-state index is 12.5. The standard InChI is InChI=1S/C16H16N6O3S/c1-21-10-18-20-15(21)26-13-5-4-11(8-12(13)22(24)25)14(23)19-16(9-17)6-2-3-7-16/h4-5,8,10H,2-3,6-7H2,1H3,(H,19,23). The van der Waals surface area contributed by atoms with Crippen LogP contribution < -0.4 is 5.32 Å². The van der Waals surface area contributed by atoms with Crippen LogP contribution in [0.25, 0.3) is 0 Å². The van der Waals surface area contributed by atoms with Crippen molar-refractivity contribution in [3.05, 3.63) is 40.2 Å². The summed E-state index contributed by atoms with van der Waals surface area (Å²) >= 11 is 1.10. The zero-order chi connectivity index (χ0) is 18.7. The first kappa shape index (κ1) is 17.9. The Morgan fingerprint density at radius 3 is 2.77 bits per heavy atom. The first-order chi connectivity index (χ1) is 12.4. The molecule has 134 valence electrons. The maximum atomic E-state index is 12.5. The van der Waals surface area contributed by atoms with Crippen molar-refractivity contribution in [1.82, 2.24) is 20.1 Å². The van der Waals surface area contributed by atoms with Crippen molar-refractivity contribution in [2.45, 2.75) is 41.3 Å². The van der Waals surface area contributed by atoms with Crippen molar-refractivity contribution >= 4 is 23.4 Å². The molecular weight excluding hydrogens is 356 g/mol. The molecule has 1 aromatic carbocycles. The molecule has 26 heavy (non-hydrogen) atoms. The van der Waals surface area contributed by atoms with Crippen LogP contribution in [0.15, 0.2) is 34.6 Å². The van der Waals surface area contributed by atoms with E-state index in [2.05, 4.69) is 21.6 Å². The second kappa shape index (κ2) is 7.13. The lowest BCUT2D eigenvalue weighted by molar-refractivity contribution is -0.387. The number of hydrogen-bond acceptors (Lipinski definition) is 7. The average molecular weight is 372 g/mol. The van der Waals surface area contributed by atoms with Gasteiger partial charge in [-0.05, 0) is 49.6 Å². The van der Waals surface area contributed by atoms with Crippen LogP contribution in [0.2, 0.25) is 0 Å². The predicted molar refractivity (Wildman–Crippen MR) is 92.5 cm³/mol. The van der Waals surface area contributed by atoms with Gasteiger partial charge in [0.15, 0.2) is 5.16 Å². The van der Waals surface area contributed by atoms with Crippen molar-refractivity contribution in [2.75, 3.05) is 0 Å². The van der Waals surface area contributed by atoms with Gasteiger partial charge in [0, 0.05) is 18.7 Å². The highest BCUT2D eigenvalue weighted by Gasteiger charge is 2.36. The molecule has 1 saturated carbocycles. The molecule has 0 aliphatic heterocycles. The number of hydrogen-bond donors (Lipinski definition) is 1. The highest BCUT2D eigenvalue weighted by atomic mass is 32.2. The Balaban J connectivity index is 1.86. The zero-order valence-corrected chi connectivity index (χ0v) is 14.8. The smallest absolute Gasteiger partial charge is 0.284 e. The van der Waals surface area contributed by atoms with Gasteiger partial charge in [0.2, 0.25) is 0 Å². The third-order valence-electron chi connectivity index (χ3n) is 4.31. The van der Waals surface area contributed by atoms with Gasteiger partial charge in [-0.15, -0.1) is 10.2 Å². The fourth-order valence-corrected chi connectivity index (χ4v) is 3.73. The first-order valence-electron chi connectivity index (χ1n) is 7.98. The molecule has 10 heteroatoms. The van der Waals surface area contributed by atoms with E-state index in [1.54, 1.807) is 11.6 Å². The van der Waals surface area contributed by atoms with E-state index in [0.29, 0.717) is 22.9 Å². The van der Waals surface area contributed by atoms with E-state index in [-0.39, 0.29) is 11.3 Å². The van der Waals surface area contributed by atoms with E-state index in [0.717, 1.165) is 24.6 Å². The Morgan fingerprint density at radius 1 is 1.46 bits per heavy atom. The molecule has 0 bridgehead atoms. The van der Waals surface area contributed by atoms with Crippen LogP contribution in [0.1, 0.15) is 36.0 Å². The Labute approximate surface area is 153 Å². The predicted octanol–water partition coefficient (Wildman–Crippen LogP) is 2.44. The van der Waals surface area contributed by atoms with Crippen LogP contribution in [0.5, 0.6) is 0 Å².